The fourth-order valence-corrected chi connectivity index (χ4v) is 1.79. The summed E-state index contributed by atoms with van der Waals surface area (Å²) >= 11 is 5.95. The van der Waals surface area contributed by atoms with Crippen molar-refractivity contribution < 1.29 is 0 Å². The van der Waals surface area contributed by atoms with Crippen LogP contribution in [-0.4, -0.2) is 0 Å². The Balaban J connectivity index is 3.21. The first-order valence-corrected chi connectivity index (χ1v) is 5.79. The van der Waals surface area contributed by atoms with E-state index in [1.54, 1.807) is 0 Å². The van der Waals surface area contributed by atoms with Gasteiger partial charge in [-0.05, 0) is 49.6 Å². The Morgan fingerprint density at radius 2 is 1.94 bits per heavy atom. The maximum absolute atomic E-state index is 5.95. The van der Waals surface area contributed by atoms with E-state index in [1.165, 1.54) is 16.7 Å². The van der Waals surface area contributed by atoms with Crippen LogP contribution >= 0.6 is 11.6 Å². The highest BCUT2D eigenvalue weighted by Gasteiger charge is 2.01. The molecule has 0 bridgehead atoms. The molecule has 84 valence electrons. The zero-order chi connectivity index (χ0) is 12.0. The Bertz CT molecular complexity index is 437. The molecule has 0 unspecified atom stereocenters. The van der Waals surface area contributed by atoms with Crippen LogP contribution in [-0.2, 0) is 0 Å². The molecule has 0 fully saturated rings. The zero-order valence-corrected chi connectivity index (χ0v) is 10.8. The second kappa shape index (κ2) is 6.34. The Kier molecular flexibility index (Phi) is 5.07. The summed E-state index contributed by atoms with van der Waals surface area (Å²) in [5, 5.41) is 0.784. The smallest absolute Gasteiger partial charge is 0.0409 e. The molecule has 0 aromatic heterocycles. The molecule has 0 saturated carbocycles. The van der Waals surface area contributed by atoms with Crippen molar-refractivity contribution in [2.24, 2.45) is 0 Å². The number of rotatable bonds is 3. The van der Waals surface area contributed by atoms with Crippen LogP contribution in [0.5, 0.6) is 0 Å². The van der Waals surface area contributed by atoms with Gasteiger partial charge in [-0.2, -0.15) is 0 Å². The SMILES string of the molecule is C\C=C/C=C(\C=C/C)c1ccc(Cl)cc1C. The minimum Gasteiger partial charge on any atom is -0.0876 e. The lowest BCUT2D eigenvalue weighted by molar-refractivity contribution is 1.42. The van der Waals surface area contributed by atoms with Crippen molar-refractivity contribution in [1.82, 2.24) is 0 Å². The molecular formula is C15H17Cl. The van der Waals surface area contributed by atoms with Crippen molar-refractivity contribution in [1.29, 1.82) is 0 Å². The number of hydrogen-bond donors (Lipinski definition) is 0. The third-order valence-electron chi connectivity index (χ3n) is 2.31. The minimum absolute atomic E-state index is 0.784. The second-order valence-corrected chi connectivity index (χ2v) is 4.04. The summed E-state index contributed by atoms with van der Waals surface area (Å²) in [6, 6.07) is 5.98. The average Bonchev–Trinajstić information content (AvgIpc) is 2.25. The molecule has 16 heavy (non-hydrogen) atoms. The molecule has 0 heterocycles. The standard InChI is InChI=1S/C15H17Cl/c1-4-6-8-13(7-5-2)15-10-9-14(16)11-12(15)3/h4-11H,1-3H3/b6-4-,7-5-,13-8+. The van der Waals surface area contributed by atoms with Crippen LogP contribution < -0.4 is 0 Å². The van der Waals surface area contributed by atoms with Gasteiger partial charge in [-0.15, -0.1) is 0 Å². The molecule has 0 radical (unpaired) electrons. The largest absolute Gasteiger partial charge is 0.0876 e. The molecule has 0 aliphatic heterocycles. The minimum atomic E-state index is 0.784. The average molecular weight is 233 g/mol. The molecule has 0 atom stereocenters. The maximum Gasteiger partial charge on any atom is 0.0409 e. The van der Waals surface area contributed by atoms with E-state index in [0.717, 1.165) is 5.02 Å². The maximum atomic E-state index is 5.95. The lowest BCUT2D eigenvalue weighted by atomic mass is 10.00. The van der Waals surface area contributed by atoms with Crippen molar-refractivity contribution in [3.05, 3.63) is 64.7 Å². The Morgan fingerprint density at radius 3 is 2.50 bits per heavy atom. The molecule has 0 N–H and O–H groups in total. The number of aryl methyl sites for hydroxylation is 1. The molecule has 0 aliphatic carbocycles. The predicted octanol–water partition coefficient (Wildman–Crippen LogP) is 5.18. The van der Waals surface area contributed by atoms with Crippen LogP contribution in [0.15, 0.2) is 48.6 Å². The Labute approximate surface area is 103 Å². The van der Waals surface area contributed by atoms with Gasteiger partial charge in [-0.3, -0.25) is 0 Å². The van der Waals surface area contributed by atoms with Crippen molar-refractivity contribution in [3.8, 4) is 0 Å². The van der Waals surface area contributed by atoms with Crippen molar-refractivity contribution in [2.75, 3.05) is 0 Å². The summed E-state index contributed by atoms with van der Waals surface area (Å²) in [6.45, 7) is 6.11. The normalized spacial score (nSPS) is 12.9. The van der Waals surface area contributed by atoms with Gasteiger partial charge in [0.15, 0.2) is 0 Å². The quantitative estimate of drug-likeness (QED) is 0.630. The molecule has 0 nitrogen and oxygen atoms in total. The summed E-state index contributed by atoms with van der Waals surface area (Å²) in [7, 11) is 0. The third-order valence-corrected chi connectivity index (χ3v) is 2.55. The van der Waals surface area contributed by atoms with Gasteiger partial charge in [0.2, 0.25) is 0 Å². The van der Waals surface area contributed by atoms with E-state index < -0.39 is 0 Å². The van der Waals surface area contributed by atoms with Crippen molar-refractivity contribution >= 4 is 17.2 Å². The van der Waals surface area contributed by atoms with Gasteiger partial charge in [0.25, 0.3) is 0 Å². The monoisotopic (exact) mass is 232 g/mol. The lowest BCUT2D eigenvalue weighted by Crippen LogP contribution is -1.86. The predicted molar refractivity (Wildman–Crippen MR) is 73.8 cm³/mol. The molecule has 0 saturated heterocycles. The lowest BCUT2D eigenvalue weighted by Gasteiger charge is -2.06. The summed E-state index contributed by atoms with van der Waals surface area (Å²) in [5.74, 6) is 0. The van der Waals surface area contributed by atoms with E-state index in [1.807, 2.05) is 44.2 Å². The molecule has 0 spiro atoms. The zero-order valence-electron chi connectivity index (χ0n) is 10.00. The van der Waals surface area contributed by atoms with Gasteiger partial charge in [-0.25, -0.2) is 0 Å². The fourth-order valence-electron chi connectivity index (χ4n) is 1.57. The first-order chi connectivity index (χ1) is 7.69. The highest BCUT2D eigenvalue weighted by atomic mass is 35.5. The van der Waals surface area contributed by atoms with Gasteiger partial charge in [0.05, 0.1) is 0 Å². The Morgan fingerprint density at radius 1 is 1.19 bits per heavy atom. The Hall–Kier alpha value is -1.27. The van der Waals surface area contributed by atoms with E-state index in [-0.39, 0.29) is 0 Å². The first-order valence-electron chi connectivity index (χ1n) is 5.41. The third kappa shape index (κ3) is 3.39. The van der Waals surface area contributed by atoms with E-state index in [9.17, 15) is 0 Å². The van der Waals surface area contributed by atoms with E-state index in [4.69, 9.17) is 11.6 Å². The summed E-state index contributed by atoms with van der Waals surface area (Å²) in [4.78, 5) is 0. The molecule has 1 aromatic rings. The number of benzene rings is 1. The molecular weight excluding hydrogens is 216 g/mol. The number of hydrogen-bond acceptors (Lipinski definition) is 0. The van der Waals surface area contributed by atoms with Crippen LogP contribution in [0.3, 0.4) is 0 Å². The second-order valence-electron chi connectivity index (χ2n) is 3.61. The number of halogens is 1. The van der Waals surface area contributed by atoms with E-state index >= 15 is 0 Å². The van der Waals surface area contributed by atoms with Gasteiger partial charge in [0.1, 0.15) is 0 Å². The van der Waals surface area contributed by atoms with Crippen LogP contribution in [0, 0.1) is 6.92 Å². The van der Waals surface area contributed by atoms with Crippen LogP contribution in [0.4, 0.5) is 0 Å². The van der Waals surface area contributed by atoms with E-state index in [2.05, 4.69) is 25.1 Å². The van der Waals surface area contributed by atoms with Gasteiger partial charge < -0.3 is 0 Å². The summed E-state index contributed by atoms with van der Waals surface area (Å²) in [5.41, 5.74) is 3.62. The molecule has 1 rings (SSSR count). The fraction of sp³-hybridized carbons (Fsp3) is 0.200. The summed E-state index contributed by atoms with van der Waals surface area (Å²) in [6.07, 6.45) is 10.3. The van der Waals surface area contributed by atoms with Crippen LogP contribution in [0.1, 0.15) is 25.0 Å². The highest BCUT2D eigenvalue weighted by molar-refractivity contribution is 6.30. The molecule has 1 heteroatoms. The van der Waals surface area contributed by atoms with Crippen molar-refractivity contribution in [2.45, 2.75) is 20.8 Å². The molecule has 1 aromatic carbocycles. The molecule has 0 aliphatic rings. The van der Waals surface area contributed by atoms with Crippen LogP contribution in [0.2, 0.25) is 5.02 Å². The molecule has 0 amide bonds. The van der Waals surface area contributed by atoms with E-state index in [0.29, 0.717) is 0 Å². The van der Waals surface area contributed by atoms with Gasteiger partial charge in [-0.1, -0.05) is 48.0 Å². The van der Waals surface area contributed by atoms with Gasteiger partial charge >= 0.3 is 0 Å². The number of allylic oxidation sites excluding steroid dienone is 6. The highest BCUT2D eigenvalue weighted by Crippen LogP contribution is 2.23. The van der Waals surface area contributed by atoms with Crippen molar-refractivity contribution in [3.63, 3.8) is 0 Å². The topological polar surface area (TPSA) is 0 Å². The van der Waals surface area contributed by atoms with Crippen LogP contribution in [0.25, 0.3) is 5.57 Å². The summed E-state index contributed by atoms with van der Waals surface area (Å²) < 4.78 is 0. The van der Waals surface area contributed by atoms with Gasteiger partial charge in [0, 0.05) is 5.02 Å². The first kappa shape index (κ1) is 12.8.